The summed E-state index contributed by atoms with van der Waals surface area (Å²) in [6.07, 6.45) is 0. The van der Waals surface area contributed by atoms with Gasteiger partial charge in [-0.15, -0.1) is 0 Å². The molecule has 0 radical (unpaired) electrons. The van der Waals surface area contributed by atoms with Crippen LogP contribution in [0.4, 0.5) is 0 Å². The number of aryl methyl sites for hydroxylation is 2. The molecule has 0 saturated carbocycles. The molecule has 0 aliphatic carbocycles. The number of rotatable bonds is 1. The van der Waals surface area contributed by atoms with Gasteiger partial charge in [0.25, 0.3) is 0 Å². The van der Waals surface area contributed by atoms with Crippen molar-refractivity contribution in [1.29, 1.82) is 0 Å². The van der Waals surface area contributed by atoms with Crippen molar-refractivity contribution in [2.75, 3.05) is 0 Å². The van der Waals surface area contributed by atoms with Crippen LogP contribution in [0.25, 0.3) is 0 Å². The third-order valence-corrected chi connectivity index (χ3v) is 3.82. The predicted octanol–water partition coefficient (Wildman–Crippen LogP) is 1.45. The van der Waals surface area contributed by atoms with E-state index in [2.05, 4.69) is 0 Å². The number of phenolic OH excluding ortho intramolecular Hbond substituents is 1. The summed E-state index contributed by atoms with van der Waals surface area (Å²) in [7, 11) is -4.64. The second-order valence-electron chi connectivity index (χ2n) is 3.15. The molecule has 17 heavy (non-hydrogen) atoms. The minimum atomic E-state index is -4.64. The average molecular weight is 378 g/mol. The molecule has 0 heterocycles. The number of halogens is 1. The number of hydrogen-bond donors (Lipinski definition) is 4. The summed E-state index contributed by atoms with van der Waals surface area (Å²) in [6, 6.07) is 3.21. The van der Waals surface area contributed by atoms with Crippen molar-refractivity contribution < 1.29 is 30.5 Å². The zero-order chi connectivity index (χ0) is 13.8. The first-order valence-corrected chi connectivity index (χ1v) is 8.56. The first-order chi connectivity index (χ1) is 7.52. The van der Waals surface area contributed by atoms with Crippen molar-refractivity contribution in [3.05, 3.63) is 26.8 Å². The zero-order valence-electron chi connectivity index (χ0n) is 8.99. The predicted molar refractivity (Wildman–Crippen MR) is 65.9 cm³/mol. The van der Waals surface area contributed by atoms with E-state index >= 15 is 0 Å². The quantitative estimate of drug-likeness (QED) is 0.430. The summed E-state index contributed by atoms with van der Waals surface area (Å²) in [6.45, 7) is 3.49. The molecule has 0 amide bonds. The summed E-state index contributed by atoms with van der Waals surface area (Å²) >= 11 is -3.54. The first kappa shape index (κ1) is 16.5. The van der Waals surface area contributed by atoms with Gasteiger partial charge in [0.2, 0.25) is 0 Å². The van der Waals surface area contributed by atoms with Crippen molar-refractivity contribution in [1.82, 2.24) is 0 Å². The summed E-state index contributed by atoms with van der Waals surface area (Å²) in [4.78, 5) is 21.6. The number of phosphoric acid groups is 1. The van der Waals surface area contributed by atoms with Gasteiger partial charge in [-0.25, -0.2) is 10.7 Å². The molecule has 0 bridgehead atoms. The van der Waals surface area contributed by atoms with Crippen LogP contribution in [0.1, 0.15) is 11.1 Å². The lowest BCUT2D eigenvalue weighted by Crippen LogP contribution is -1.84. The second kappa shape index (κ2) is 6.41. The van der Waals surface area contributed by atoms with E-state index in [0.717, 1.165) is 5.56 Å². The topological polar surface area (TPSA) is 132 Å². The van der Waals surface area contributed by atoms with E-state index in [1.165, 1.54) is 6.07 Å². The van der Waals surface area contributed by atoms with Crippen molar-refractivity contribution in [2.45, 2.75) is 13.8 Å². The third kappa shape index (κ3) is 7.40. The molecule has 98 valence electrons. The molecule has 0 unspecified atom stereocenters. The SMILES string of the molecule is Cc1cc(C)c(I(=O)=O)c(O)c1.O=P(O)(O)O. The Labute approximate surface area is 105 Å². The Bertz CT molecular complexity index is 477. The molecule has 0 aliphatic rings. The van der Waals surface area contributed by atoms with E-state index in [4.69, 9.17) is 19.2 Å². The Morgan fingerprint density at radius 2 is 1.53 bits per heavy atom. The second-order valence-corrected chi connectivity index (χ2v) is 6.49. The summed E-state index contributed by atoms with van der Waals surface area (Å²) < 4.78 is 30.4. The number of aromatic hydroxyl groups is 1. The Kier molecular flexibility index (Phi) is 6.20. The molecule has 0 fully saturated rings. The van der Waals surface area contributed by atoms with Gasteiger partial charge >= 0.3 is 27.6 Å². The summed E-state index contributed by atoms with van der Waals surface area (Å²) in [5.41, 5.74) is 1.49. The maximum atomic E-state index is 10.7. The van der Waals surface area contributed by atoms with E-state index in [1.54, 1.807) is 13.0 Å². The monoisotopic (exact) mass is 378 g/mol. The standard InChI is InChI=1S/C8H9IO3.H3O4P/c1-5-3-6(2)8(9(11)12)7(10)4-5;1-5(2,3)4/h3-4,10H,1-2H3;(H3,1,2,3,4). The molecular formula is C8H12IO7P. The molecule has 1 rings (SSSR count). The van der Waals surface area contributed by atoms with Crippen LogP contribution in [0.3, 0.4) is 0 Å². The van der Waals surface area contributed by atoms with Crippen LogP contribution in [-0.4, -0.2) is 19.8 Å². The van der Waals surface area contributed by atoms with Crippen LogP contribution in [0.2, 0.25) is 0 Å². The smallest absolute Gasteiger partial charge is 0.466 e. The Balaban J connectivity index is 0.000000437. The average Bonchev–Trinajstić information content (AvgIpc) is 1.95. The third-order valence-electron chi connectivity index (χ3n) is 1.53. The Morgan fingerprint density at radius 3 is 1.82 bits per heavy atom. The highest BCUT2D eigenvalue weighted by Crippen LogP contribution is 2.31. The fourth-order valence-electron chi connectivity index (χ4n) is 1.13. The van der Waals surface area contributed by atoms with Crippen LogP contribution in [0.15, 0.2) is 12.1 Å². The van der Waals surface area contributed by atoms with Gasteiger partial charge in [0.05, 0.1) is 0 Å². The van der Waals surface area contributed by atoms with Crippen LogP contribution in [0.5, 0.6) is 5.75 Å². The van der Waals surface area contributed by atoms with E-state index < -0.39 is 27.6 Å². The molecule has 4 N–H and O–H groups in total. The Hall–Kier alpha value is -0.540. The lowest BCUT2D eigenvalue weighted by Gasteiger charge is -2.01. The molecule has 1 aromatic rings. The maximum Gasteiger partial charge on any atom is 0.466 e. The first-order valence-electron chi connectivity index (χ1n) is 4.16. The lowest BCUT2D eigenvalue weighted by atomic mass is 10.1. The molecule has 7 nitrogen and oxygen atoms in total. The molecule has 0 spiro atoms. The fourth-order valence-corrected chi connectivity index (χ4v) is 2.59. The highest BCUT2D eigenvalue weighted by molar-refractivity contribution is 14.2. The minimum absolute atomic E-state index is 0.116. The highest BCUT2D eigenvalue weighted by Gasteiger charge is 2.10. The van der Waals surface area contributed by atoms with E-state index in [0.29, 0.717) is 5.56 Å². The van der Waals surface area contributed by atoms with Crippen molar-refractivity contribution in [3.63, 3.8) is 0 Å². The molecule has 0 saturated heterocycles. The summed E-state index contributed by atoms with van der Waals surface area (Å²) in [5, 5.41) is 9.28. The van der Waals surface area contributed by atoms with E-state index in [1.807, 2.05) is 6.92 Å². The molecule has 0 atom stereocenters. The Morgan fingerprint density at radius 1 is 1.12 bits per heavy atom. The zero-order valence-corrected chi connectivity index (χ0v) is 12.0. The number of hydrogen-bond acceptors (Lipinski definition) is 4. The normalized spacial score (nSPS) is 10.9. The fraction of sp³-hybridized carbons (Fsp3) is 0.250. The number of phenols is 1. The van der Waals surface area contributed by atoms with Gasteiger partial charge in [0, 0.05) is 0 Å². The largest absolute Gasteiger partial charge is 0.507 e. The van der Waals surface area contributed by atoms with Gasteiger partial charge < -0.3 is 19.8 Å². The summed E-state index contributed by atoms with van der Waals surface area (Å²) in [5.74, 6) is -0.122. The molecule has 0 aromatic heterocycles. The van der Waals surface area contributed by atoms with Gasteiger partial charge in [0.1, 0.15) is 9.32 Å². The van der Waals surface area contributed by atoms with Crippen molar-refractivity contribution in [2.24, 2.45) is 0 Å². The lowest BCUT2D eigenvalue weighted by molar-refractivity contribution is 0.275. The van der Waals surface area contributed by atoms with Crippen molar-refractivity contribution in [3.8, 4) is 5.75 Å². The molecule has 1 aromatic carbocycles. The van der Waals surface area contributed by atoms with Crippen LogP contribution in [-0.2, 0) is 10.7 Å². The van der Waals surface area contributed by atoms with Crippen molar-refractivity contribution >= 4 is 27.6 Å². The minimum Gasteiger partial charge on any atom is -0.507 e. The van der Waals surface area contributed by atoms with E-state index in [-0.39, 0.29) is 9.32 Å². The molecular weight excluding hydrogens is 366 g/mol. The van der Waals surface area contributed by atoms with Gasteiger partial charge in [0.15, 0.2) is 0 Å². The molecule has 0 aliphatic heterocycles. The van der Waals surface area contributed by atoms with Gasteiger partial charge in [-0.1, -0.05) is 6.07 Å². The molecule has 9 heteroatoms. The van der Waals surface area contributed by atoms with Crippen LogP contribution < -0.4 is 0 Å². The highest BCUT2D eigenvalue weighted by atomic mass is 127. The van der Waals surface area contributed by atoms with E-state index in [9.17, 15) is 11.2 Å². The van der Waals surface area contributed by atoms with Gasteiger partial charge in [-0.2, -0.15) is 0 Å². The van der Waals surface area contributed by atoms with Gasteiger partial charge in [-0.05, 0) is 31.0 Å². The van der Waals surface area contributed by atoms with Crippen LogP contribution >= 0.6 is 27.6 Å². The van der Waals surface area contributed by atoms with Crippen LogP contribution in [0, 0.1) is 17.4 Å². The van der Waals surface area contributed by atoms with Gasteiger partial charge in [-0.3, -0.25) is 0 Å². The maximum absolute atomic E-state index is 10.7. The number of benzene rings is 1.